The van der Waals surface area contributed by atoms with E-state index < -0.39 is 18.8 Å². The Morgan fingerprint density at radius 2 is 1.73 bits per heavy atom. The largest absolute Gasteiger partial charge is 0.484 e. The molecule has 9 heteroatoms. The van der Waals surface area contributed by atoms with Gasteiger partial charge in [-0.25, -0.2) is 0 Å². The van der Waals surface area contributed by atoms with Crippen molar-refractivity contribution in [2.75, 3.05) is 18.6 Å². The first-order chi connectivity index (χ1) is 14.3. The van der Waals surface area contributed by atoms with E-state index in [0.717, 1.165) is 0 Å². The molecular formula is C21H23F3N2O3S. The fraction of sp³-hybridized carbons (Fsp3) is 0.333. The second-order valence-electron chi connectivity index (χ2n) is 6.44. The summed E-state index contributed by atoms with van der Waals surface area (Å²) >= 11 is 1.57. The number of nitrogens with one attached hydrogen (secondary N) is 2. The number of halogens is 3. The summed E-state index contributed by atoms with van der Waals surface area (Å²) in [5.41, 5.74) is 1.16. The molecule has 2 aromatic carbocycles. The van der Waals surface area contributed by atoms with Gasteiger partial charge in [-0.2, -0.15) is 24.9 Å². The van der Waals surface area contributed by atoms with E-state index >= 15 is 0 Å². The molecule has 0 aromatic heterocycles. The van der Waals surface area contributed by atoms with Crippen LogP contribution in [0.1, 0.15) is 22.3 Å². The summed E-state index contributed by atoms with van der Waals surface area (Å²) in [4.78, 5) is 25.0. The first kappa shape index (κ1) is 23.6. The minimum absolute atomic E-state index is 0.0929. The highest BCUT2D eigenvalue weighted by molar-refractivity contribution is 7.98. The van der Waals surface area contributed by atoms with Crippen molar-refractivity contribution in [3.05, 3.63) is 65.7 Å². The maximum absolute atomic E-state index is 12.6. The quantitative estimate of drug-likeness (QED) is 0.590. The average Bonchev–Trinajstić information content (AvgIpc) is 2.74. The standard InChI is InChI=1S/C21H23F3N2O3S/c1-30-12-11-18(26-19(27)16-5-3-2-4-6-16)20(28)25-13-15-7-9-17(10-8-15)29-14-21(22,23)24/h2-10,18H,11-14H2,1H3,(H,25,28)(H,26,27). The summed E-state index contributed by atoms with van der Waals surface area (Å²) in [5.74, 6) is 0.127. The molecule has 5 nitrogen and oxygen atoms in total. The normalized spacial score (nSPS) is 12.1. The second kappa shape index (κ2) is 11.5. The lowest BCUT2D eigenvalue weighted by atomic mass is 10.1. The van der Waals surface area contributed by atoms with E-state index in [-0.39, 0.29) is 24.1 Å². The van der Waals surface area contributed by atoms with Gasteiger partial charge in [-0.1, -0.05) is 30.3 Å². The molecule has 0 spiro atoms. The Morgan fingerprint density at radius 1 is 1.07 bits per heavy atom. The summed E-state index contributed by atoms with van der Waals surface area (Å²) < 4.78 is 41.2. The van der Waals surface area contributed by atoms with E-state index in [1.165, 1.54) is 12.1 Å². The van der Waals surface area contributed by atoms with Crippen LogP contribution < -0.4 is 15.4 Å². The first-order valence-corrected chi connectivity index (χ1v) is 10.6. The van der Waals surface area contributed by atoms with Gasteiger partial charge in [0.05, 0.1) is 0 Å². The molecule has 2 N–H and O–H groups in total. The van der Waals surface area contributed by atoms with E-state index in [1.807, 2.05) is 6.26 Å². The highest BCUT2D eigenvalue weighted by Crippen LogP contribution is 2.18. The fourth-order valence-electron chi connectivity index (χ4n) is 2.52. The molecule has 1 unspecified atom stereocenters. The van der Waals surface area contributed by atoms with Crippen LogP contribution in [0, 0.1) is 0 Å². The Labute approximate surface area is 177 Å². The van der Waals surface area contributed by atoms with Gasteiger partial charge in [0, 0.05) is 12.1 Å². The molecule has 0 aliphatic rings. The zero-order chi connectivity index (χ0) is 22.0. The highest BCUT2D eigenvalue weighted by atomic mass is 32.2. The van der Waals surface area contributed by atoms with Crippen molar-refractivity contribution in [1.82, 2.24) is 10.6 Å². The number of ether oxygens (including phenoxy) is 1. The van der Waals surface area contributed by atoms with Crippen LogP contribution in [0.3, 0.4) is 0 Å². The summed E-state index contributed by atoms with van der Waals surface area (Å²) in [5, 5.41) is 5.51. The number of thioether (sulfide) groups is 1. The zero-order valence-corrected chi connectivity index (χ0v) is 17.2. The minimum atomic E-state index is -4.40. The number of carbonyl (C=O) groups is 2. The molecular weight excluding hydrogens is 417 g/mol. The third-order valence-corrected chi connectivity index (χ3v) is 4.70. The summed E-state index contributed by atoms with van der Waals surface area (Å²) in [6.45, 7) is -1.18. The van der Waals surface area contributed by atoms with Gasteiger partial charge in [0.15, 0.2) is 6.61 Å². The summed E-state index contributed by atoms with van der Waals surface area (Å²) in [7, 11) is 0. The molecule has 0 saturated heterocycles. The van der Waals surface area contributed by atoms with Gasteiger partial charge in [-0.3, -0.25) is 9.59 Å². The smallest absolute Gasteiger partial charge is 0.422 e. The molecule has 0 saturated carbocycles. The number of alkyl halides is 3. The summed E-state index contributed by atoms with van der Waals surface area (Å²) in [6, 6.07) is 13.9. The molecule has 30 heavy (non-hydrogen) atoms. The number of carbonyl (C=O) groups excluding carboxylic acids is 2. The van der Waals surface area contributed by atoms with Crippen LogP contribution in [0.15, 0.2) is 54.6 Å². The number of benzene rings is 2. The predicted molar refractivity (Wildman–Crippen MR) is 111 cm³/mol. The highest BCUT2D eigenvalue weighted by Gasteiger charge is 2.28. The van der Waals surface area contributed by atoms with Gasteiger partial charge < -0.3 is 15.4 Å². The fourth-order valence-corrected chi connectivity index (χ4v) is 2.99. The van der Waals surface area contributed by atoms with Gasteiger partial charge >= 0.3 is 6.18 Å². The lowest BCUT2D eigenvalue weighted by molar-refractivity contribution is -0.153. The molecule has 0 aliphatic carbocycles. The van der Waals surface area contributed by atoms with Gasteiger partial charge in [-0.15, -0.1) is 0 Å². The molecule has 162 valence electrons. The van der Waals surface area contributed by atoms with Crippen molar-refractivity contribution in [3.8, 4) is 5.75 Å². The van der Waals surface area contributed by atoms with Crippen molar-refractivity contribution in [2.45, 2.75) is 25.2 Å². The third-order valence-electron chi connectivity index (χ3n) is 4.06. The van der Waals surface area contributed by atoms with Crippen molar-refractivity contribution in [1.29, 1.82) is 0 Å². The van der Waals surface area contributed by atoms with Crippen LogP contribution in [0.25, 0.3) is 0 Å². The van der Waals surface area contributed by atoms with Crippen LogP contribution in [-0.4, -0.2) is 42.6 Å². The molecule has 0 heterocycles. The first-order valence-electron chi connectivity index (χ1n) is 9.19. The van der Waals surface area contributed by atoms with Crippen LogP contribution >= 0.6 is 11.8 Å². The number of hydrogen-bond donors (Lipinski definition) is 2. The lowest BCUT2D eigenvalue weighted by Crippen LogP contribution is -2.46. The number of hydrogen-bond acceptors (Lipinski definition) is 4. The number of rotatable bonds is 10. The van der Waals surface area contributed by atoms with Gasteiger partial charge in [-0.05, 0) is 48.3 Å². The van der Waals surface area contributed by atoms with E-state index in [1.54, 1.807) is 54.2 Å². The third kappa shape index (κ3) is 8.36. The minimum Gasteiger partial charge on any atom is -0.484 e. The molecule has 1 atom stereocenters. The van der Waals surface area contributed by atoms with Crippen LogP contribution in [0.4, 0.5) is 13.2 Å². The maximum Gasteiger partial charge on any atom is 0.422 e. The molecule has 0 fully saturated rings. The van der Waals surface area contributed by atoms with Crippen molar-refractivity contribution < 1.29 is 27.5 Å². The molecule has 2 aromatic rings. The topological polar surface area (TPSA) is 67.4 Å². The van der Waals surface area contributed by atoms with E-state index in [9.17, 15) is 22.8 Å². The maximum atomic E-state index is 12.6. The number of amides is 2. The van der Waals surface area contributed by atoms with E-state index in [0.29, 0.717) is 23.3 Å². The monoisotopic (exact) mass is 440 g/mol. The molecule has 2 rings (SSSR count). The van der Waals surface area contributed by atoms with Crippen LogP contribution in [-0.2, 0) is 11.3 Å². The van der Waals surface area contributed by atoms with Crippen LogP contribution in [0.5, 0.6) is 5.75 Å². The Morgan fingerprint density at radius 3 is 2.33 bits per heavy atom. The second-order valence-corrected chi connectivity index (χ2v) is 7.42. The van der Waals surface area contributed by atoms with Gasteiger partial charge in [0.25, 0.3) is 5.91 Å². The van der Waals surface area contributed by atoms with Crippen LogP contribution in [0.2, 0.25) is 0 Å². The zero-order valence-electron chi connectivity index (χ0n) is 16.4. The lowest BCUT2D eigenvalue weighted by Gasteiger charge is -2.18. The van der Waals surface area contributed by atoms with E-state index in [2.05, 4.69) is 15.4 Å². The molecule has 0 bridgehead atoms. The molecule has 2 amide bonds. The predicted octanol–water partition coefficient (Wildman–Crippen LogP) is 3.80. The Balaban J connectivity index is 1.91. The Hall–Kier alpha value is -2.68. The molecule has 0 aliphatic heterocycles. The van der Waals surface area contributed by atoms with E-state index in [4.69, 9.17) is 0 Å². The summed E-state index contributed by atoms with van der Waals surface area (Å²) in [6.07, 6.45) is -2.02. The van der Waals surface area contributed by atoms with Gasteiger partial charge in [0.1, 0.15) is 11.8 Å². The SMILES string of the molecule is CSCCC(NC(=O)c1ccccc1)C(=O)NCc1ccc(OCC(F)(F)F)cc1. The van der Waals surface area contributed by atoms with Crippen molar-refractivity contribution in [2.24, 2.45) is 0 Å². The van der Waals surface area contributed by atoms with Crippen molar-refractivity contribution in [3.63, 3.8) is 0 Å². The van der Waals surface area contributed by atoms with Gasteiger partial charge in [0.2, 0.25) is 5.91 Å². The molecule has 0 radical (unpaired) electrons. The Kier molecular flexibility index (Phi) is 9.04. The Bertz CT molecular complexity index is 814. The average molecular weight is 440 g/mol. The van der Waals surface area contributed by atoms with Crippen molar-refractivity contribution >= 4 is 23.6 Å².